The molecular formula is C8H13NO3. The Morgan fingerprint density at radius 3 is 2.25 bits per heavy atom. The summed E-state index contributed by atoms with van der Waals surface area (Å²) < 4.78 is 4.76. The van der Waals surface area contributed by atoms with Gasteiger partial charge in [0.05, 0.1) is 6.10 Å². The van der Waals surface area contributed by atoms with Crippen molar-refractivity contribution in [3.05, 3.63) is 12.3 Å². The summed E-state index contributed by atoms with van der Waals surface area (Å²) in [4.78, 5) is 21.4. The van der Waals surface area contributed by atoms with Crippen molar-refractivity contribution < 1.29 is 14.3 Å². The van der Waals surface area contributed by atoms with E-state index in [1.807, 2.05) is 0 Å². The minimum absolute atomic E-state index is 0.0313. The van der Waals surface area contributed by atoms with Gasteiger partial charge in [-0.25, -0.2) is 4.79 Å². The Bertz CT molecular complexity index is 208. The van der Waals surface area contributed by atoms with Gasteiger partial charge in [0.1, 0.15) is 5.70 Å². The molecule has 0 rings (SSSR count). The normalized spacial score (nSPS) is 9.33. The zero-order valence-corrected chi connectivity index (χ0v) is 7.51. The van der Waals surface area contributed by atoms with Crippen LogP contribution in [0.1, 0.15) is 20.8 Å². The van der Waals surface area contributed by atoms with E-state index in [0.29, 0.717) is 0 Å². The highest BCUT2D eigenvalue weighted by Gasteiger charge is 2.10. The molecule has 0 spiro atoms. The molecule has 0 bridgehead atoms. The maximum absolute atomic E-state index is 11.0. The third-order valence-electron chi connectivity index (χ3n) is 0.916. The van der Waals surface area contributed by atoms with Crippen LogP contribution in [0.4, 0.5) is 0 Å². The Labute approximate surface area is 71.6 Å². The van der Waals surface area contributed by atoms with Gasteiger partial charge in [0.15, 0.2) is 0 Å². The van der Waals surface area contributed by atoms with Crippen LogP contribution in [0.2, 0.25) is 0 Å². The molecule has 4 heteroatoms. The number of esters is 1. The van der Waals surface area contributed by atoms with Gasteiger partial charge in [-0.15, -0.1) is 0 Å². The predicted octanol–water partition coefficient (Wildman–Crippen LogP) is 0.588. The minimum atomic E-state index is -0.597. The van der Waals surface area contributed by atoms with E-state index in [9.17, 15) is 9.59 Å². The number of carbonyl (C=O) groups is 2. The van der Waals surface area contributed by atoms with Crippen LogP contribution < -0.4 is 5.32 Å². The topological polar surface area (TPSA) is 55.4 Å². The van der Waals surface area contributed by atoms with Gasteiger partial charge in [-0.3, -0.25) is 4.79 Å². The molecule has 1 N–H and O–H groups in total. The van der Waals surface area contributed by atoms with E-state index in [0.717, 1.165) is 0 Å². The molecule has 0 unspecified atom stereocenters. The first-order valence-corrected chi connectivity index (χ1v) is 3.61. The number of amides is 1. The molecule has 0 aromatic rings. The summed E-state index contributed by atoms with van der Waals surface area (Å²) in [5, 5.41) is 2.24. The lowest BCUT2D eigenvalue weighted by molar-refractivity contribution is -0.143. The summed E-state index contributed by atoms with van der Waals surface area (Å²) in [6.45, 7) is 8.08. The summed E-state index contributed by atoms with van der Waals surface area (Å²) in [7, 11) is 0. The van der Waals surface area contributed by atoms with E-state index < -0.39 is 5.97 Å². The molecule has 0 saturated heterocycles. The highest BCUT2D eigenvalue weighted by molar-refractivity contribution is 5.92. The van der Waals surface area contributed by atoms with Crippen molar-refractivity contribution in [1.29, 1.82) is 0 Å². The second kappa shape index (κ2) is 4.54. The van der Waals surface area contributed by atoms with Gasteiger partial charge in [-0.05, 0) is 13.8 Å². The van der Waals surface area contributed by atoms with Gasteiger partial charge < -0.3 is 10.1 Å². The van der Waals surface area contributed by atoms with E-state index >= 15 is 0 Å². The van der Waals surface area contributed by atoms with Crippen molar-refractivity contribution in [3.63, 3.8) is 0 Å². The van der Waals surface area contributed by atoms with Crippen LogP contribution in [-0.4, -0.2) is 18.0 Å². The molecule has 0 radical (unpaired) electrons. The van der Waals surface area contributed by atoms with Crippen LogP contribution >= 0.6 is 0 Å². The van der Waals surface area contributed by atoms with E-state index in [2.05, 4.69) is 11.9 Å². The molecule has 0 aromatic carbocycles. The molecule has 0 aliphatic heterocycles. The van der Waals surface area contributed by atoms with Crippen LogP contribution in [0.3, 0.4) is 0 Å². The van der Waals surface area contributed by atoms with Crippen LogP contribution in [0.5, 0.6) is 0 Å². The Hall–Kier alpha value is -1.32. The number of rotatable bonds is 3. The van der Waals surface area contributed by atoms with Gasteiger partial charge in [0.2, 0.25) is 5.91 Å². The standard InChI is InChI=1S/C8H13NO3/c1-5(2)12-8(11)6(3)9-7(4)10/h5H,3H2,1-2,4H3,(H,9,10). The van der Waals surface area contributed by atoms with E-state index in [-0.39, 0.29) is 17.7 Å². The Balaban J connectivity index is 3.94. The number of hydrogen-bond donors (Lipinski definition) is 1. The molecule has 1 amide bonds. The number of carbonyl (C=O) groups excluding carboxylic acids is 2. The maximum Gasteiger partial charge on any atom is 0.354 e. The molecule has 0 aromatic heterocycles. The average molecular weight is 171 g/mol. The highest BCUT2D eigenvalue weighted by Crippen LogP contribution is 1.94. The van der Waals surface area contributed by atoms with Crippen molar-refractivity contribution in [3.8, 4) is 0 Å². The molecule has 12 heavy (non-hydrogen) atoms. The quantitative estimate of drug-likeness (QED) is 0.499. The lowest BCUT2D eigenvalue weighted by atomic mass is 10.4. The second-order valence-corrected chi connectivity index (χ2v) is 2.61. The molecule has 0 fully saturated rings. The fraction of sp³-hybridized carbons (Fsp3) is 0.500. The second-order valence-electron chi connectivity index (χ2n) is 2.61. The molecule has 0 saturated carbocycles. The fourth-order valence-corrected chi connectivity index (χ4v) is 0.549. The van der Waals surface area contributed by atoms with E-state index in [1.54, 1.807) is 13.8 Å². The maximum atomic E-state index is 11.0. The van der Waals surface area contributed by atoms with Crippen LogP contribution in [-0.2, 0) is 14.3 Å². The Morgan fingerprint density at radius 2 is 1.92 bits per heavy atom. The monoisotopic (exact) mass is 171 g/mol. The molecule has 4 nitrogen and oxygen atoms in total. The van der Waals surface area contributed by atoms with Gasteiger partial charge >= 0.3 is 5.97 Å². The number of hydrogen-bond acceptors (Lipinski definition) is 3. The van der Waals surface area contributed by atoms with Gasteiger partial charge in [0.25, 0.3) is 0 Å². The Morgan fingerprint density at radius 1 is 1.42 bits per heavy atom. The highest BCUT2D eigenvalue weighted by atomic mass is 16.5. The van der Waals surface area contributed by atoms with Crippen molar-refractivity contribution in [1.82, 2.24) is 5.32 Å². The van der Waals surface area contributed by atoms with Crippen LogP contribution in [0.15, 0.2) is 12.3 Å². The average Bonchev–Trinajstić information content (AvgIpc) is 1.84. The smallest absolute Gasteiger partial charge is 0.354 e. The summed E-state index contributed by atoms with van der Waals surface area (Å²) in [6.07, 6.45) is -0.206. The molecule has 0 aliphatic rings. The minimum Gasteiger partial charge on any atom is -0.458 e. The zero-order valence-electron chi connectivity index (χ0n) is 7.51. The predicted molar refractivity (Wildman–Crippen MR) is 44.2 cm³/mol. The summed E-state index contributed by atoms with van der Waals surface area (Å²) in [5.41, 5.74) is -0.0313. The third-order valence-corrected chi connectivity index (χ3v) is 0.916. The van der Waals surface area contributed by atoms with Crippen molar-refractivity contribution in [2.24, 2.45) is 0 Å². The summed E-state index contributed by atoms with van der Waals surface area (Å²) >= 11 is 0. The van der Waals surface area contributed by atoms with Gasteiger partial charge in [-0.1, -0.05) is 6.58 Å². The van der Waals surface area contributed by atoms with Crippen molar-refractivity contribution in [2.75, 3.05) is 0 Å². The number of ether oxygens (including phenoxy) is 1. The molecule has 0 heterocycles. The molecule has 0 aliphatic carbocycles. The van der Waals surface area contributed by atoms with Crippen LogP contribution in [0.25, 0.3) is 0 Å². The first kappa shape index (κ1) is 10.7. The first-order valence-electron chi connectivity index (χ1n) is 3.61. The third kappa shape index (κ3) is 4.49. The molecular weight excluding hydrogens is 158 g/mol. The molecule has 0 atom stereocenters. The largest absolute Gasteiger partial charge is 0.458 e. The van der Waals surface area contributed by atoms with Crippen LogP contribution in [0, 0.1) is 0 Å². The summed E-state index contributed by atoms with van der Waals surface area (Å²) in [6, 6.07) is 0. The van der Waals surface area contributed by atoms with Crippen molar-refractivity contribution in [2.45, 2.75) is 26.9 Å². The van der Waals surface area contributed by atoms with Gasteiger partial charge in [0, 0.05) is 6.92 Å². The van der Waals surface area contributed by atoms with E-state index in [1.165, 1.54) is 6.92 Å². The lowest BCUT2D eigenvalue weighted by Gasteiger charge is -2.09. The first-order chi connectivity index (χ1) is 5.43. The zero-order chi connectivity index (χ0) is 9.72. The fourth-order valence-electron chi connectivity index (χ4n) is 0.549. The molecule has 68 valence electrons. The number of nitrogens with one attached hydrogen (secondary N) is 1. The SMILES string of the molecule is C=C(NC(C)=O)C(=O)OC(C)C. The van der Waals surface area contributed by atoms with Gasteiger partial charge in [-0.2, -0.15) is 0 Å². The lowest BCUT2D eigenvalue weighted by Crippen LogP contribution is -2.26. The van der Waals surface area contributed by atoms with Crippen molar-refractivity contribution >= 4 is 11.9 Å². The summed E-state index contributed by atoms with van der Waals surface area (Å²) in [5.74, 6) is -0.930. The Kier molecular flexibility index (Phi) is 4.04. The van der Waals surface area contributed by atoms with E-state index in [4.69, 9.17) is 4.74 Å².